The van der Waals surface area contributed by atoms with Crippen molar-refractivity contribution in [2.45, 2.75) is 46.7 Å². The summed E-state index contributed by atoms with van der Waals surface area (Å²) in [5.74, 6) is 0.848. The average Bonchev–Trinajstić information content (AvgIpc) is 2.76. The molecule has 1 aromatic rings. The Morgan fingerprint density at radius 1 is 1.26 bits per heavy atom. The lowest BCUT2D eigenvalue weighted by Crippen LogP contribution is -2.35. The molecule has 0 aromatic heterocycles. The van der Waals surface area contributed by atoms with Gasteiger partial charge in [-0.1, -0.05) is 6.07 Å². The minimum atomic E-state index is 0.0274. The van der Waals surface area contributed by atoms with Gasteiger partial charge >= 0.3 is 0 Å². The fraction of sp³-hybridized carbons (Fsp3) is 0.444. The molecular formula is C18H24N2O2S. The standard InChI is InChI=1S/C18H24N2O2S/c1-11(2)19-18-20(12(3)4)17(21)16(23-18)10-14-7-8-15(22-6)9-13(14)5/h7-12H,1-6H3/b16-10+,19-18?. The molecular weight excluding hydrogens is 308 g/mol. The third-order valence-corrected chi connectivity index (χ3v) is 4.48. The molecule has 124 valence electrons. The number of carbonyl (C=O) groups is 1. The van der Waals surface area contributed by atoms with Crippen molar-refractivity contribution >= 4 is 28.9 Å². The van der Waals surface area contributed by atoms with E-state index in [9.17, 15) is 4.79 Å². The molecule has 4 nitrogen and oxygen atoms in total. The largest absolute Gasteiger partial charge is 0.497 e. The Morgan fingerprint density at radius 3 is 2.48 bits per heavy atom. The van der Waals surface area contributed by atoms with Gasteiger partial charge in [-0.05, 0) is 75.7 Å². The van der Waals surface area contributed by atoms with Crippen molar-refractivity contribution in [2.24, 2.45) is 4.99 Å². The normalized spacial score (nSPS) is 18.8. The van der Waals surface area contributed by atoms with Crippen LogP contribution in [0.2, 0.25) is 0 Å². The van der Waals surface area contributed by atoms with E-state index in [2.05, 4.69) is 4.99 Å². The molecule has 0 radical (unpaired) electrons. The molecule has 23 heavy (non-hydrogen) atoms. The maximum absolute atomic E-state index is 12.7. The van der Waals surface area contributed by atoms with Crippen LogP contribution >= 0.6 is 11.8 Å². The fourth-order valence-electron chi connectivity index (χ4n) is 2.33. The van der Waals surface area contributed by atoms with Gasteiger partial charge in [0.25, 0.3) is 5.91 Å². The van der Waals surface area contributed by atoms with Crippen molar-refractivity contribution in [1.29, 1.82) is 0 Å². The first-order valence-electron chi connectivity index (χ1n) is 7.79. The summed E-state index contributed by atoms with van der Waals surface area (Å²) in [7, 11) is 1.65. The number of hydrogen-bond acceptors (Lipinski definition) is 4. The number of aryl methyl sites for hydroxylation is 1. The summed E-state index contributed by atoms with van der Waals surface area (Å²) in [4.78, 5) is 19.8. The van der Waals surface area contributed by atoms with Crippen LogP contribution in [0.25, 0.3) is 6.08 Å². The van der Waals surface area contributed by atoms with E-state index in [1.54, 1.807) is 12.0 Å². The number of rotatable bonds is 4. The van der Waals surface area contributed by atoms with Crippen molar-refractivity contribution in [3.8, 4) is 5.75 Å². The Balaban J connectivity index is 2.38. The lowest BCUT2D eigenvalue weighted by atomic mass is 10.1. The van der Waals surface area contributed by atoms with Gasteiger partial charge in [0.15, 0.2) is 5.17 Å². The molecule has 1 saturated heterocycles. The minimum Gasteiger partial charge on any atom is -0.497 e. The van der Waals surface area contributed by atoms with E-state index in [1.165, 1.54) is 11.8 Å². The van der Waals surface area contributed by atoms with Gasteiger partial charge in [0, 0.05) is 12.1 Å². The summed E-state index contributed by atoms with van der Waals surface area (Å²) in [5.41, 5.74) is 2.10. The molecule has 0 aliphatic carbocycles. The van der Waals surface area contributed by atoms with Gasteiger partial charge in [-0.2, -0.15) is 0 Å². The van der Waals surface area contributed by atoms with E-state index in [1.807, 2.05) is 58.9 Å². The Labute approximate surface area is 142 Å². The summed E-state index contributed by atoms with van der Waals surface area (Å²) >= 11 is 1.45. The summed E-state index contributed by atoms with van der Waals surface area (Å²) in [6.07, 6.45) is 1.94. The highest BCUT2D eigenvalue weighted by atomic mass is 32.2. The van der Waals surface area contributed by atoms with Crippen LogP contribution in [0.5, 0.6) is 5.75 Å². The van der Waals surface area contributed by atoms with Gasteiger partial charge in [0.1, 0.15) is 5.75 Å². The van der Waals surface area contributed by atoms with E-state index < -0.39 is 0 Å². The van der Waals surface area contributed by atoms with Crippen LogP contribution in [0, 0.1) is 6.92 Å². The van der Waals surface area contributed by atoms with Crippen molar-refractivity contribution in [1.82, 2.24) is 4.90 Å². The monoisotopic (exact) mass is 332 g/mol. The molecule has 1 fully saturated rings. The van der Waals surface area contributed by atoms with Crippen LogP contribution < -0.4 is 4.74 Å². The second-order valence-corrected chi connectivity index (χ2v) is 7.12. The minimum absolute atomic E-state index is 0.0274. The van der Waals surface area contributed by atoms with Crippen LogP contribution in [0.3, 0.4) is 0 Å². The van der Waals surface area contributed by atoms with Crippen LogP contribution in [0.15, 0.2) is 28.1 Å². The van der Waals surface area contributed by atoms with Gasteiger partial charge in [0.05, 0.1) is 12.0 Å². The molecule has 0 bridgehead atoms. The summed E-state index contributed by atoms with van der Waals surface area (Å²) < 4.78 is 5.23. The highest BCUT2D eigenvalue weighted by Gasteiger charge is 2.35. The Morgan fingerprint density at radius 2 is 1.96 bits per heavy atom. The summed E-state index contributed by atoms with van der Waals surface area (Å²) in [5, 5.41) is 0.789. The quantitative estimate of drug-likeness (QED) is 0.780. The zero-order chi connectivity index (χ0) is 17.1. The average molecular weight is 332 g/mol. The first kappa shape index (κ1) is 17.6. The third-order valence-electron chi connectivity index (χ3n) is 3.49. The Kier molecular flexibility index (Phi) is 5.52. The number of thioether (sulfide) groups is 1. The number of carbonyl (C=O) groups excluding carboxylic acids is 1. The molecule has 0 unspecified atom stereocenters. The molecule has 1 amide bonds. The summed E-state index contributed by atoms with van der Waals surface area (Å²) in [6, 6.07) is 6.11. The number of aliphatic imine (C=N–C) groups is 1. The van der Waals surface area contributed by atoms with Crippen LogP contribution in [-0.4, -0.2) is 35.2 Å². The zero-order valence-electron chi connectivity index (χ0n) is 14.6. The fourth-order valence-corrected chi connectivity index (χ4v) is 3.55. The smallest absolute Gasteiger partial charge is 0.266 e. The number of ether oxygens (including phenoxy) is 1. The van der Waals surface area contributed by atoms with Gasteiger partial charge in [-0.3, -0.25) is 14.7 Å². The number of methoxy groups -OCH3 is 1. The van der Waals surface area contributed by atoms with E-state index in [0.717, 1.165) is 22.0 Å². The predicted molar refractivity (Wildman–Crippen MR) is 97.9 cm³/mol. The van der Waals surface area contributed by atoms with Crippen molar-refractivity contribution in [2.75, 3.05) is 7.11 Å². The highest BCUT2D eigenvalue weighted by Crippen LogP contribution is 2.35. The van der Waals surface area contributed by atoms with E-state index in [0.29, 0.717) is 4.91 Å². The van der Waals surface area contributed by atoms with Crippen LogP contribution in [0.4, 0.5) is 0 Å². The van der Waals surface area contributed by atoms with Crippen molar-refractivity contribution < 1.29 is 9.53 Å². The molecule has 0 spiro atoms. The maximum atomic E-state index is 12.7. The van der Waals surface area contributed by atoms with Crippen LogP contribution in [-0.2, 0) is 4.79 Å². The number of amidine groups is 1. The molecule has 1 aliphatic rings. The predicted octanol–water partition coefficient (Wildman–Crippen LogP) is 4.09. The van der Waals surface area contributed by atoms with Gasteiger partial charge in [-0.25, -0.2) is 0 Å². The topological polar surface area (TPSA) is 41.9 Å². The van der Waals surface area contributed by atoms with Gasteiger partial charge in [-0.15, -0.1) is 0 Å². The molecule has 5 heteroatoms. The SMILES string of the molecule is COc1ccc(/C=C2/SC(=NC(C)C)N(C(C)C)C2=O)c(C)c1. The second kappa shape index (κ2) is 7.21. The first-order valence-corrected chi connectivity index (χ1v) is 8.60. The maximum Gasteiger partial charge on any atom is 0.266 e. The molecule has 1 aromatic carbocycles. The second-order valence-electron chi connectivity index (χ2n) is 6.11. The lowest BCUT2D eigenvalue weighted by Gasteiger charge is -2.20. The van der Waals surface area contributed by atoms with Crippen molar-refractivity contribution in [3.63, 3.8) is 0 Å². The van der Waals surface area contributed by atoms with Crippen molar-refractivity contribution in [3.05, 3.63) is 34.2 Å². The molecule has 0 saturated carbocycles. The molecule has 0 atom stereocenters. The number of benzene rings is 1. The Bertz CT molecular complexity index is 663. The van der Waals surface area contributed by atoms with Gasteiger partial charge in [0.2, 0.25) is 0 Å². The van der Waals surface area contributed by atoms with E-state index in [-0.39, 0.29) is 18.0 Å². The van der Waals surface area contributed by atoms with E-state index in [4.69, 9.17) is 4.74 Å². The molecule has 0 N–H and O–H groups in total. The number of nitrogens with zero attached hydrogens (tertiary/aromatic N) is 2. The highest BCUT2D eigenvalue weighted by molar-refractivity contribution is 8.18. The number of amides is 1. The lowest BCUT2D eigenvalue weighted by molar-refractivity contribution is -0.123. The molecule has 1 heterocycles. The Hall–Kier alpha value is -1.75. The third kappa shape index (κ3) is 3.96. The number of hydrogen-bond donors (Lipinski definition) is 0. The van der Waals surface area contributed by atoms with Gasteiger partial charge < -0.3 is 4.74 Å². The summed E-state index contributed by atoms with van der Waals surface area (Å²) in [6.45, 7) is 10.1. The first-order chi connectivity index (χ1) is 10.8. The molecule has 2 rings (SSSR count). The molecule has 1 aliphatic heterocycles. The van der Waals surface area contributed by atoms with E-state index >= 15 is 0 Å². The van der Waals surface area contributed by atoms with Crippen LogP contribution in [0.1, 0.15) is 38.8 Å². The zero-order valence-corrected chi connectivity index (χ0v) is 15.4.